The van der Waals surface area contributed by atoms with E-state index in [0.717, 1.165) is 24.3 Å². The van der Waals surface area contributed by atoms with Crippen LogP contribution in [0.25, 0.3) is 27.5 Å². The topological polar surface area (TPSA) is 146 Å². The second kappa shape index (κ2) is 10.8. The maximum absolute atomic E-state index is 12.5. The van der Waals surface area contributed by atoms with Gasteiger partial charge in [0.25, 0.3) is 17.1 Å². The van der Waals surface area contributed by atoms with Crippen LogP contribution in [-0.2, 0) is 0 Å². The summed E-state index contributed by atoms with van der Waals surface area (Å²) in [4.78, 5) is 43.2. The fraction of sp³-hybridized carbons (Fsp3) is 0.138. The van der Waals surface area contributed by atoms with Crippen molar-refractivity contribution in [2.24, 2.45) is 0 Å². The number of allylic oxidation sites excluding steroid dienone is 2. The zero-order chi connectivity index (χ0) is 28.6. The van der Waals surface area contributed by atoms with E-state index in [9.17, 15) is 35.1 Å². The van der Waals surface area contributed by atoms with Crippen molar-refractivity contribution >= 4 is 55.1 Å². The maximum atomic E-state index is 12.5. The first kappa shape index (κ1) is 26.8. The molecule has 0 heterocycles. The lowest BCUT2D eigenvalue weighted by Gasteiger charge is -2.14. The van der Waals surface area contributed by atoms with E-state index in [-0.39, 0.29) is 32.4 Å². The van der Waals surface area contributed by atoms with Crippen LogP contribution in [-0.4, -0.2) is 20.6 Å². The average Bonchev–Trinajstić information content (AvgIpc) is 3.25. The van der Waals surface area contributed by atoms with E-state index in [2.05, 4.69) is 64.5 Å². The number of carbonyl (C=O) groups excluding carboxylic acids is 1. The van der Waals surface area contributed by atoms with E-state index >= 15 is 0 Å². The number of nitro benzene ring substituents is 3. The van der Waals surface area contributed by atoms with Crippen molar-refractivity contribution in [3.63, 3.8) is 0 Å². The number of rotatable bonds is 4. The summed E-state index contributed by atoms with van der Waals surface area (Å²) in [6.45, 7) is 0. The Kier molecular flexibility index (Phi) is 7.22. The largest absolute Gasteiger partial charge is 0.289 e. The number of hydrogen-bond donors (Lipinski definition) is 0. The van der Waals surface area contributed by atoms with Crippen LogP contribution in [0.2, 0.25) is 0 Å². The van der Waals surface area contributed by atoms with Gasteiger partial charge in [-0.1, -0.05) is 48.5 Å². The summed E-state index contributed by atoms with van der Waals surface area (Å²) in [7, 11) is 0. The van der Waals surface area contributed by atoms with Gasteiger partial charge in [-0.3, -0.25) is 35.1 Å². The van der Waals surface area contributed by atoms with Crippen molar-refractivity contribution < 1.29 is 19.6 Å². The first-order valence-corrected chi connectivity index (χ1v) is 13.1. The van der Waals surface area contributed by atoms with Gasteiger partial charge in [-0.15, -0.1) is 0 Å². The van der Waals surface area contributed by atoms with E-state index in [0.29, 0.717) is 0 Å². The number of halogens is 1. The van der Waals surface area contributed by atoms with Crippen LogP contribution >= 0.6 is 15.9 Å². The number of non-ortho nitro benzene ring substituents is 2. The van der Waals surface area contributed by atoms with Crippen molar-refractivity contribution in [2.45, 2.75) is 25.7 Å². The normalized spacial score (nSPS) is 13.5. The van der Waals surface area contributed by atoms with Crippen molar-refractivity contribution in [1.29, 1.82) is 0 Å². The van der Waals surface area contributed by atoms with Crippen LogP contribution in [0.5, 0.6) is 0 Å². The second-order valence-corrected chi connectivity index (χ2v) is 10.2. The molecule has 0 N–H and O–H groups in total. The van der Waals surface area contributed by atoms with Crippen LogP contribution in [0.4, 0.5) is 17.1 Å². The highest BCUT2D eigenvalue weighted by molar-refractivity contribution is 9.10. The molecule has 0 bridgehead atoms. The van der Waals surface area contributed by atoms with E-state index < -0.39 is 31.9 Å². The molecule has 40 heavy (non-hydrogen) atoms. The van der Waals surface area contributed by atoms with Gasteiger partial charge in [0, 0.05) is 39.4 Å². The van der Waals surface area contributed by atoms with Gasteiger partial charge in [0.1, 0.15) is 0 Å². The highest BCUT2D eigenvalue weighted by Gasteiger charge is 2.38. The molecule has 0 spiro atoms. The Hall–Kier alpha value is -4.77. The summed E-state index contributed by atoms with van der Waals surface area (Å²) in [5.74, 6) is -0.740. The van der Waals surface area contributed by atoms with Crippen molar-refractivity contribution in [3.05, 3.63) is 124 Å². The molecule has 11 heteroatoms. The van der Waals surface area contributed by atoms with Gasteiger partial charge in [0.15, 0.2) is 5.78 Å². The molecule has 0 saturated heterocycles. The standard InChI is InChI=1S/C16H16.C13H4BrN3O7/c1-2-7-13(8-3-1)16-12-6-10-14-9-4-5-11-15(14)16;14-9-3-5(15(19)20)1-7-11(9)12-8(13(7)18)2-6(16(21)22)4-10(12)17(23)24/h4-7,9-12H,1-3,8H2;1-4H. The molecule has 4 aromatic rings. The number of hydrogen-bond acceptors (Lipinski definition) is 7. The van der Waals surface area contributed by atoms with E-state index in [1.807, 2.05) is 0 Å². The van der Waals surface area contributed by atoms with Gasteiger partial charge >= 0.3 is 0 Å². The van der Waals surface area contributed by atoms with Crippen LogP contribution in [0, 0.1) is 30.3 Å². The minimum Gasteiger partial charge on any atom is -0.289 e. The van der Waals surface area contributed by atoms with Gasteiger partial charge < -0.3 is 0 Å². The Morgan fingerprint density at radius 3 is 2.00 bits per heavy atom. The number of fused-ring (bicyclic) bond motifs is 4. The van der Waals surface area contributed by atoms with Crippen LogP contribution in [0.3, 0.4) is 0 Å². The Morgan fingerprint density at radius 1 is 0.700 bits per heavy atom. The summed E-state index contributed by atoms with van der Waals surface area (Å²) in [5.41, 5.74) is 1.07. The van der Waals surface area contributed by atoms with Crippen molar-refractivity contribution in [1.82, 2.24) is 0 Å². The fourth-order valence-corrected chi connectivity index (χ4v) is 5.81. The molecule has 6 rings (SSSR count). The summed E-state index contributed by atoms with van der Waals surface area (Å²) in [5, 5.41) is 35.9. The Morgan fingerprint density at radius 2 is 1.35 bits per heavy atom. The third-order valence-electron chi connectivity index (χ3n) is 6.96. The molecule has 0 aromatic heterocycles. The van der Waals surface area contributed by atoms with E-state index in [4.69, 9.17) is 0 Å². The molecule has 0 fully saturated rings. The van der Waals surface area contributed by atoms with Crippen molar-refractivity contribution in [2.75, 3.05) is 0 Å². The smallest absolute Gasteiger partial charge is 0.284 e. The molecule has 0 saturated carbocycles. The third kappa shape index (κ3) is 4.87. The molecule has 0 amide bonds. The Labute approximate surface area is 235 Å². The predicted octanol–water partition coefficient (Wildman–Crippen LogP) is 8.18. The molecule has 0 radical (unpaired) electrons. The number of ketones is 1. The van der Waals surface area contributed by atoms with Crippen molar-refractivity contribution in [3.8, 4) is 11.1 Å². The summed E-state index contributed by atoms with van der Waals surface area (Å²) in [6, 6.07) is 19.1. The lowest BCUT2D eigenvalue weighted by molar-refractivity contribution is -0.393. The zero-order valence-electron chi connectivity index (χ0n) is 20.8. The number of nitrogens with zero attached hydrogens (tertiary/aromatic N) is 3. The molecule has 200 valence electrons. The highest BCUT2D eigenvalue weighted by atomic mass is 79.9. The van der Waals surface area contributed by atoms with Gasteiger partial charge in [0.2, 0.25) is 0 Å². The van der Waals surface area contributed by atoms with Crippen LogP contribution in [0.1, 0.15) is 47.2 Å². The molecule has 0 aliphatic heterocycles. The Bertz CT molecular complexity index is 1780. The Balaban J connectivity index is 0.000000174. The van der Waals surface area contributed by atoms with Gasteiger partial charge in [-0.2, -0.15) is 0 Å². The molecule has 0 unspecified atom stereocenters. The first-order valence-electron chi connectivity index (χ1n) is 12.3. The number of carbonyl (C=O) groups is 1. The molecule has 2 aliphatic rings. The minimum atomic E-state index is -0.846. The minimum absolute atomic E-state index is 0.0904. The summed E-state index contributed by atoms with van der Waals surface area (Å²) in [6.07, 6.45) is 7.61. The first-order chi connectivity index (χ1) is 19.2. The van der Waals surface area contributed by atoms with Gasteiger partial charge in [-0.25, -0.2) is 0 Å². The van der Waals surface area contributed by atoms with Crippen LogP contribution in [0.15, 0.2) is 77.3 Å². The van der Waals surface area contributed by atoms with Crippen LogP contribution < -0.4 is 0 Å². The average molecular weight is 602 g/mol. The summed E-state index contributed by atoms with van der Waals surface area (Å²) < 4.78 is 0.121. The lowest BCUT2D eigenvalue weighted by Crippen LogP contribution is -2.00. The summed E-state index contributed by atoms with van der Waals surface area (Å²) >= 11 is 3.08. The zero-order valence-corrected chi connectivity index (χ0v) is 22.4. The molecule has 0 atom stereocenters. The fourth-order valence-electron chi connectivity index (χ4n) is 5.17. The monoisotopic (exact) mass is 601 g/mol. The van der Waals surface area contributed by atoms with Gasteiger partial charge in [-0.05, 0) is 63.5 Å². The second-order valence-electron chi connectivity index (χ2n) is 9.34. The maximum Gasteiger partial charge on any atom is 0.284 e. The quantitative estimate of drug-likeness (QED) is 0.149. The van der Waals surface area contributed by atoms with E-state index in [1.54, 1.807) is 5.57 Å². The third-order valence-corrected chi connectivity index (χ3v) is 7.59. The molecule has 4 aromatic carbocycles. The van der Waals surface area contributed by atoms with E-state index in [1.165, 1.54) is 42.0 Å². The predicted molar refractivity (Wildman–Crippen MR) is 153 cm³/mol. The molecular weight excluding hydrogens is 582 g/mol. The SMILES string of the molecule is C1=C(c2cccc3ccccc23)CCCC1.O=C1c2cc([N+](=O)[O-])cc(Br)c2-c2c1cc([N+](=O)[O-])cc2[N+](=O)[O-]. The molecular formula is C29H20BrN3O7. The lowest BCUT2D eigenvalue weighted by atomic mass is 9.90. The highest BCUT2D eigenvalue weighted by Crippen LogP contribution is 2.48. The molecule has 10 nitrogen and oxygen atoms in total. The number of benzene rings is 4. The van der Waals surface area contributed by atoms with Gasteiger partial charge in [0.05, 0.1) is 26.4 Å². The molecule has 2 aliphatic carbocycles. The number of nitro groups is 3.